The molecule has 1 aromatic carbocycles. The van der Waals surface area contributed by atoms with E-state index in [2.05, 4.69) is 5.32 Å². The van der Waals surface area contributed by atoms with Crippen LogP contribution >= 0.6 is 0 Å². The van der Waals surface area contributed by atoms with E-state index in [9.17, 15) is 9.59 Å². The fourth-order valence-electron chi connectivity index (χ4n) is 2.21. The van der Waals surface area contributed by atoms with Crippen LogP contribution in [0.15, 0.2) is 30.3 Å². The van der Waals surface area contributed by atoms with Crippen LogP contribution < -0.4 is 11.1 Å². The van der Waals surface area contributed by atoms with E-state index in [0.29, 0.717) is 26.1 Å². The summed E-state index contributed by atoms with van der Waals surface area (Å²) < 4.78 is 0. The zero-order valence-corrected chi connectivity index (χ0v) is 14.5. The van der Waals surface area contributed by atoms with Gasteiger partial charge in [0.2, 0.25) is 11.8 Å². The smallest absolute Gasteiger partial charge is 0.242 e. The average molecular weight is 319 g/mol. The average Bonchev–Trinajstić information content (AvgIpc) is 2.48. The number of nitrogens with two attached hydrogens (primary N) is 1. The van der Waals surface area contributed by atoms with Crippen LogP contribution in [0.2, 0.25) is 0 Å². The Morgan fingerprint density at radius 1 is 1.17 bits per heavy atom. The SMILES string of the molecule is CC(C)(C)CC(=O)NCC(=O)N(CCCN)Cc1ccccc1. The maximum Gasteiger partial charge on any atom is 0.242 e. The van der Waals surface area contributed by atoms with E-state index >= 15 is 0 Å². The first-order valence-electron chi connectivity index (χ1n) is 8.10. The molecule has 0 saturated heterocycles. The zero-order valence-electron chi connectivity index (χ0n) is 14.5. The molecule has 0 heterocycles. The van der Waals surface area contributed by atoms with Crippen LogP contribution in [0.3, 0.4) is 0 Å². The molecule has 128 valence electrons. The topological polar surface area (TPSA) is 75.4 Å². The first kappa shape index (κ1) is 19.2. The van der Waals surface area contributed by atoms with E-state index in [1.54, 1.807) is 4.90 Å². The van der Waals surface area contributed by atoms with Gasteiger partial charge in [-0.2, -0.15) is 0 Å². The van der Waals surface area contributed by atoms with Crippen molar-refractivity contribution in [1.29, 1.82) is 0 Å². The predicted octanol–water partition coefficient (Wildman–Crippen LogP) is 1.92. The van der Waals surface area contributed by atoms with Crippen molar-refractivity contribution in [1.82, 2.24) is 10.2 Å². The van der Waals surface area contributed by atoms with Crippen molar-refractivity contribution in [2.75, 3.05) is 19.6 Å². The summed E-state index contributed by atoms with van der Waals surface area (Å²) in [6.45, 7) is 7.70. The Labute approximate surface area is 139 Å². The Balaban J connectivity index is 2.56. The summed E-state index contributed by atoms with van der Waals surface area (Å²) in [5.74, 6) is -0.172. The first-order chi connectivity index (χ1) is 10.8. The fraction of sp³-hybridized carbons (Fsp3) is 0.556. The molecule has 0 aliphatic heterocycles. The molecule has 2 amide bonds. The number of carbonyl (C=O) groups is 2. The van der Waals surface area contributed by atoms with Crippen LogP contribution in [0, 0.1) is 5.41 Å². The Hall–Kier alpha value is -1.88. The summed E-state index contributed by atoms with van der Waals surface area (Å²) in [5, 5.41) is 2.72. The van der Waals surface area contributed by atoms with Crippen molar-refractivity contribution in [3.8, 4) is 0 Å². The molecule has 0 unspecified atom stereocenters. The highest BCUT2D eigenvalue weighted by molar-refractivity contribution is 5.84. The second kappa shape index (κ2) is 9.30. The van der Waals surface area contributed by atoms with E-state index in [-0.39, 0.29) is 23.8 Å². The van der Waals surface area contributed by atoms with Crippen LogP contribution in [0.1, 0.15) is 39.2 Å². The fourth-order valence-corrected chi connectivity index (χ4v) is 2.21. The molecular formula is C18H29N3O2. The highest BCUT2D eigenvalue weighted by Gasteiger charge is 2.18. The third-order valence-corrected chi connectivity index (χ3v) is 3.33. The molecule has 0 aliphatic rings. The molecule has 0 aliphatic carbocycles. The summed E-state index contributed by atoms with van der Waals surface area (Å²) >= 11 is 0. The summed E-state index contributed by atoms with van der Waals surface area (Å²) in [4.78, 5) is 26.0. The van der Waals surface area contributed by atoms with Gasteiger partial charge in [0, 0.05) is 19.5 Å². The Morgan fingerprint density at radius 3 is 2.39 bits per heavy atom. The first-order valence-corrected chi connectivity index (χ1v) is 8.10. The van der Waals surface area contributed by atoms with Crippen LogP contribution in [-0.4, -0.2) is 36.3 Å². The number of amides is 2. The summed E-state index contributed by atoms with van der Waals surface area (Å²) in [5.41, 5.74) is 6.54. The van der Waals surface area contributed by atoms with Crippen molar-refractivity contribution in [3.05, 3.63) is 35.9 Å². The summed E-state index contributed by atoms with van der Waals surface area (Å²) in [6.07, 6.45) is 1.15. The van der Waals surface area contributed by atoms with Gasteiger partial charge in [-0.25, -0.2) is 0 Å². The van der Waals surface area contributed by atoms with Gasteiger partial charge in [-0.15, -0.1) is 0 Å². The third kappa shape index (κ3) is 8.35. The number of nitrogens with zero attached hydrogens (tertiary/aromatic N) is 1. The number of nitrogens with one attached hydrogen (secondary N) is 1. The quantitative estimate of drug-likeness (QED) is 0.768. The summed E-state index contributed by atoms with van der Waals surface area (Å²) in [7, 11) is 0. The lowest BCUT2D eigenvalue weighted by molar-refractivity contribution is -0.133. The lowest BCUT2D eigenvalue weighted by Gasteiger charge is -2.23. The Kier molecular flexibility index (Phi) is 7.75. The van der Waals surface area contributed by atoms with Gasteiger partial charge in [0.25, 0.3) is 0 Å². The van der Waals surface area contributed by atoms with E-state index in [1.807, 2.05) is 51.1 Å². The van der Waals surface area contributed by atoms with Crippen LogP contribution in [0.4, 0.5) is 0 Å². The molecule has 0 bridgehead atoms. The van der Waals surface area contributed by atoms with Crippen molar-refractivity contribution < 1.29 is 9.59 Å². The number of hydrogen-bond donors (Lipinski definition) is 2. The predicted molar refractivity (Wildman–Crippen MR) is 92.6 cm³/mol. The molecule has 0 fully saturated rings. The minimum absolute atomic E-state index is 0.0340. The van der Waals surface area contributed by atoms with Gasteiger partial charge >= 0.3 is 0 Å². The van der Waals surface area contributed by atoms with Crippen LogP contribution in [0.25, 0.3) is 0 Å². The van der Waals surface area contributed by atoms with Crippen LogP contribution in [-0.2, 0) is 16.1 Å². The van der Waals surface area contributed by atoms with Gasteiger partial charge in [0.05, 0.1) is 6.54 Å². The second-order valence-corrected chi connectivity index (χ2v) is 6.96. The van der Waals surface area contributed by atoms with Crippen molar-refractivity contribution in [3.63, 3.8) is 0 Å². The molecule has 1 aromatic rings. The number of benzene rings is 1. The third-order valence-electron chi connectivity index (χ3n) is 3.33. The Bertz CT molecular complexity index is 495. The van der Waals surface area contributed by atoms with Crippen molar-refractivity contribution >= 4 is 11.8 Å². The molecule has 0 atom stereocenters. The molecule has 0 aromatic heterocycles. The molecular weight excluding hydrogens is 290 g/mol. The lowest BCUT2D eigenvalue weighted by atomic mass is 9.92. The number of rotatable bonds is 8. The molecule has 3 N–H and O–H groups in total. The van der Waals surface area contributed by atoms with Crippen molar-refractivity contribution in [2.24, 2.45) is 11.1 Å². The molecule has 5 nitrogen and oxygen atoms in total. The molecule has 0 saturated carbocycles. The van der Waals surface area contributed by atoms with Gasteiger partial charge < -0.3 is 16.0 Å². The molecule has 5 heteroatoms. The van der Waals surface area contributed by atoms with Gasteiger partial charge in [-0.3, -0.25) is 9.59 Å². The number of carbonyl (C=O) groups excluding carboxylic acids is 2. The molecule has 0 radical (unpaired) electrons. The maximum absolute atomic E-state index is 12.4. The largest absolute Gasteiger partial charge is 0.347 e. The molecule has 1 rings (SSSR count). The van der Waals surface area contributed by atoms with Crippen LogP contribution in [0.5, 0.6) is 0 Å². The standard InChI is InChI=1S/C18H29N3O2/c1-18(2,3)12-16(22)20-13-17(23)21(11-7-10-19)14-15-8-5-4-6-9-15/h4-6,8-9H,7,10-14,19H2,1-3H3,(H,20,22). The summed E-state index contributed by atoms with van der Waals surface area (Å²) in [6, 6.07) is 9.82. The minimum atomic E-state index is -0.0932. The van der Waals surface area contributed by atoms with E-state index in [0.717, 1.165) is 12.0 Å². The van der Waals surface area contributed by atoms with Gasteiger partial charge in [0.1, 0.15) is 0 Å². The zero-order chi connectivity index (χ0) is 17.3. The Morgan fingerprint density at radius 2 is 1.83 bits per heavy atom. The number of hydrogen-bond acceptors (Lipinski definition) is 3. The van der Waals surface area contributed by atoms with Gasteiger partial charge in [-0.1, -0.05) is 51.1 Å². The lowest BCUT2D eigenvalue weighted by Crippen LogP contribution is -2.41. The highest BCUT2D eigenvalue weighted by atomic mass is 16.2. The van der Waals surface area contributed by atoms with E-state index in [4.69, 9.17) is 5.73 Å². The van der Waals surface area contributed by atoms with Gasteiger partial charge in [0.15, 0.2) is 0 Å². The van der Waals surface area contributed by atoms with Crippen molar-refractivity contribution in [2.45, 2.75) is 40.2 Å². The molecule has 0 spiro atoms. The van der Waals surface area contributed by atoms with E-state index in [1.165, 1.54) is 0 Å². The van der Waals surface area contributed by atoms with E-state index < -0.39 is 0 Å². The van der Waals surface area contributed by atoms with Gasteiger partial charge in [-0.05, 0) is 23.9 Å². The highest BCUT2D eigenvalue weighted by Crippen LogP contribution is 2.17. The molecule has 23 heavy (non-hydrogen) atoms. The maximum atomic E-state index is 12.4. The monoisotopic (exact) mass is 319 g/mol. The normalized spacial score (nSPS) is 11.1. The minimum Gasteiger partial charge on any atom is -0.347 e. The second-order valence-electron chi connectivity index (χ2n) is 6.96.